The van der Waals surface area contributed by atoms with Crippen LogP contribution in [0.2, 0.25) is 0 Å². The highest BCUT2D eigenvalue weighted by Gasteiger charge is 2.46. The fraction of sp³-hybridized carbons (Fsp3) is 0.862. The molecule has 0 aromatic heterocycles. The lowest BCUT2D eigenvalue weighted by Crippen LogP contribution is -2.62. The van der Waals surface area contributed by atoms with Crippen molar-refractivity contribution >= 4 is 23.9 Å². The third-order valence-electron chi connectivity index (χ3n) is 7.20. The third-order valence-corrected chi connectivity index (χ3v) is 7.20. The fourth-order valence-corrected chi connectivity index (χ4v) is 6.88. The Morgan fingerprint density at radius 3 is 1.89 bits per heavy atom. The van der Waals surface area contributed by atoms with Gasteiger partial charge in [-0.1, -0.05) is 0 Å². The second-order valence-corrected chi connectivity index (χ2v) is 15.1. The van der Waals surface area contributed by atoms with Gasteiger partial charge in [-0.05, 0) is 109 Å². The number of carbonyl (C=O) groups is 1. The van der Waals surface area contributed by atoms with Crippen molar-refractivity contribution in [2.75, 3.05) is 6.61 Å². The maximum absolute atomic E-state index is 12.3. The fourth-order valence-electron chi connectivity index (χ4n) is 6.88. The minimum absolute atomic E-state index is 0.0322. The first-order valence-electron chi connectivity index (χ1n) is 14.2. The number of hydrogen-bond donors (Lipinski definition) is 3. The number of piperidine rings is 2. The molecule has 0 bridgehead atoms. The summed E-state index contributed by atoms with van der Waals surface area (Å²) in [4.78, 5) is 22.8. The zero-order valence-electron chi connectivity index (χ0n) is 26.0. The predicted octanol–water partition coefficient (Wildman–Crippen LogP) is 4.43. The number of esters is 1. The minimum atomic E-state index is -0.481. The molecule has 0 spiro atoms. The van der Waals surface area contributed by atoms with Gasteiger partial charge in [0, 0.05) is 39.5 Å². The molecule has 3 N–H and O–H groups in total. The van der Waals surface area contributed by atoms with Crippen LogP contribution in [0, 0.1) is 11.8 Å². The van der Waals surface area contributed by atoms with Gasteiger partial charge in [-0.15, -0.1) is 0 Å². The molecule has 0 aromatic rings. The zero-order valence-corrected chi connectivity index (χ0v) is 26.0. The maximum atomic E-state index is 12.3. The molecule has 3 aliphatic heterocycles. The quantitative estimate of drug-likeness (QED) is 0.346. The van der Waals surface area contributed by atoms with Crippen LogP contribution in [0.3, 0.4) is 0 Å². The lowest BCUT2D eigenvalue weighted by atomic mass is 9.74. The molecular weight excluding hydrogens is 478 g/mol. The Kier molecular flexibility index (Phi) is 8.58. The molecule has 0 amide bonds. The number of rotatable bonds is 6. The first kappa shape index (κ1) is 30.7. The van der Waals surface area contributed by atoms with E-state index in [9.17, 15) is 4.79 Å². The van der Waals surface area contributed by atoms with Crippen molar-refractivity contribution in [1.82, 2.24) is 21.0 Å². The summed E-state index contributed by atoms with van der Waals surface area (Å²) in [6.07, 6.45) is 4.47. The Hall–Kier alpha value is -1.84. The third kappa shape index (κ3) is 8.33. The maximum Gasteiger partial charge on any atom is 0.351 e. The van der Waals surface area contributed by atoms with Crippen LogP contribution >= 0.6 is 0 Å². The first-order valence-corrected chi connectivity index (χ1v) is 14.2. The summed E-state index contributed by atoms with van der Waals surface area (Å²) in [6.45, 7) is 26.5. The summed E-state index contributed by atoms with van der Waals surface area (Å²) in [7, 11) is 0. The molecule has 1 unspecified atom stereocenters. The van der Waals surface area contributed by atoms with Crippen molar-refractivity contribution in [2.24, 2.45) is 26.9 Å². The number of nitrogens with one attached hydrogen (secondary N) is 3. The number of nitrogens with zero attached hydrogens (tertiary/aromatic N) is 4. The normalized spacial score (nSPS) is 27.7. The molecule has 38 heavy (non-hydrogen) atoms. The van der Waals surface area contributed by atoms with Crippen molar-refractivity contribution in [3.8, 4) is 0 Å². The molecule has 0 aliphatic carbocycles. The molecule has 3 rings (SSSR count). The van der Waals surface area contributed by atoms with E-state index in [4.69, 9.17) is 14.7 Å². The van der Waals surface area contributed by atoms with Crippen molar-refractivity contribution in [3.05, 3.63) is 0 Å². The Labute approximate surface area is 230 Å². The largest absolute Gasteiger partial charge is 0.462 e. The van der Waals surface area contributed by atoms with Gasteiger partial charge in [-0.2, -0.15) is 5.10 Å². The Balaban J connectivity index is 2.12. The SMILES string of the molecule is CCOC(=O)C=NN1C(C2CC(C)(C)NC(C)(C)C2)=NC(C2CC(C)(C)NC(C)(C)C2)=NC1NC(C)(C)C. The highest BCUT2D eigenvalue weighted by Crippen LogP contribution is 2.38. The van der Waals surface area contributed by atoms with E-state index in [0.29, 0.717) is 6.61 Å². The number of aliphatic imine (C=N–C) groups is 2. The summed E-state index contributed by atoms with van der Waals surface area (Å²) < 4.78 is 5.15. The van der Waals surface area contributed by atoms with Gasteiger partial charge in [0.2, 0.25) is 0 Å². The first-order chi connectivity index (χ1) is 17.2. The van der Waals surface area contributed by atoms with Crippen molar-refractivity contribution in [3.63, 3.8) is 0 Å². The van der Waals surface area contributed by atoms with Gasteiger partial charge in [-0.3, -0.25) is 5.32 Å². The highest BCUT2D eigenvalue weighted by molar-refractivity contribution is 6.23. The van der Waals surface area contributed by atoms with Gasteiger partial charge in [0.1, 0.15) is 17.9 Å². The van der Waals surface area contributed by atoms with Crippen molar-refractivity contribution < 1.29 is 9.53 Å². The van der Waals surface area contributed by atoms with Gasteiger partial charge in [-0.25, -0.2) is 19.8 Å². The van der Waals surface area contributed by atoms with Crippen molar-refractivity contribution in [2.45, 2.75) is 143 Å². The molecular formula is C29H53N7O2. The molecule has 1 atom stereocenters. The minimum Gasteiger partial charge on any atom is -0.462 e. The second kappa shape index (κ2) is 10.6. The van der Waals surface area contributed by atoms with E-state index in [-0.39, 0.29) is 39.5 Å². The van der Waals surface area contributed by atoms with Crippen LogP contribution in [-0.4, -0.2) is 69.5 Å². The smallest absolute Gasteiger partial charge is 0.351 e. The van der Waals surface area contributed by atoms with Crippen LogP contribution < -0.4 is 16.0 Å². The molecule has 216 valence electrons. The molecule has 0 aromatic carbocycles. The van der Waals surface area contributed by atoms with Crippen LogP contribution in [0.15, 0.2) is 15.1 Å². The summed E-state index contributed by atoms with van der Waals surface area (Å²) >= 11 is 0. The number of amidine groups is 2. The van der Waals surface area contributed by atoms with Crippen LogP contribution in [0.4, 0.5) is 0 Å². The average Bonchev–Trinajstić information content (AvgIpc) is 2.66. The monoisotopic (exact) mass is 531 g/mol. The number of ether oxygens (including phenoxy) is 1. The van der Waals surface area contributed by atoms with Crippen molar-refractivity contribution in [1.29, 1.82) is 0 Å². The number of hydrazone groups is 1. The molecule has 2 saturated heterocycles. The Morgan fingerprint density at radius 2 is 1.45 bits per heavy atom. The highest BCUT2D eigenvalue weighted by atomic mass is 16.5. The Bertz CT molecular complexity index is 940. The van der Waals surface area contributed by atoms with Crippen LogP contribution in [0.5, 0.6) is 0 Å². The summed E-state index contributed by atoms with van der Waals surface area (Å²) in [6, 6.07) is 0. The van der Waals surface area contributed by atoms with Gasteiger partial charge in [0.25, 0.3) is 0 Å². The van der Waals surface area contributed by atoms with E-state index in [1.54, 1.807) is 6.92 Å². The Morgan fingerprint density at radius 1 is 0.974 bits per heavy atom. The topological polar surface area (TPSA) is 103 Å². The summed E-state index contributed by atoms with van der Waals surface area (Å²) in [5, 5.41) is 17.7. The van der Waals surface area contributed by atoms with E-state index in [1.165, 1.54) is 6.21 Å². The summed E-state index contributed by atoms with van der Waals surface area (Å²) in [5.74, 6) is 1.62. The number of hydrogen-bond acceptors (Lipinski definition) is 9. The van der Waals surface area contributed by atoms with Crippen LogP contribution in [0.25, 0.3) is 0 Å². The van der Waals surface area contributed by atoms with E-state index in [0.717, 1.165) is 37.4 Å². The predicted molar refractivity (Wildman–Crippen MR) is 157 cm³/mol. The van der Waals surface area contributed by atoms with E-state index < -0.39 is 12.3 Å². The lowest BCUT2D eigenvalue weighted by molar-refractivity contribution is -0.134. The molecule has 3 aliphatic rings. The number of carbonyl (C=O) groups excluding carboxylic acids is 1. The molecule has 9 nitrogen and oxygen atoms in total. The standard InChI is InChI=1S/C29H53N7O2/c1-13-38-21(37)18-30-36-23(20-16-28(9,10)35-29(11,12)17-20)31-22(32-24(36)33-25(2,3)4)19-14-26(5,6)34-27(7,8)15-19/h18-20,24,33-35H,13-17H2,1-12H3. The average molecular weight is 532 g/mol. The van der Waals surface area contributed by atoms with Gasteiger partial charge >= 0.3 is 5.97 Å². The van der Waals surface area contributed by atoms with E-state index in [2.05, 4.69) is 97.2 Å². The molecule has 0 saturated carbocycles. The van der Waals surface area contributed by atoms with Gasteiger partial charge in [0.05, 0.1) is 6.61 Å². The van der Waals surface area contributed by atoms with Gasteiger partial charge < -0.3 is 15.4 Å². The molecule has 0 radical (unpaired) electrons. The van der Waals surface area contributed by atoms with Crippen LogP contribution in [-0.2, 0) is 9.53 Å². The van der Waals surface area contributed by atoms with E-state index >= 15 is 0 Å². The second-order valence-electron chi connectivity index (χ2n) is 15.1. The summed E-state index contributed by atoms with van der Waals surface area (Å²) in [5.41, 5.74) is -0.457. The molecule has 3 heterocycles. The van der Waals surface area contributed by atoms with Gasteiger partial charge in [0.15, 0.2) is 6.29 Å². The zero-order chi connectivity index (χ0) is 28.7. The molecule has 9 heteroatoms. The van der Waals surface area contributed by atoms with Crippen LogP contribution in [0.1, 0.15) is 109 Å². The lowest BCUT2D eigenvalue weighted by Gasteiger charge is -2.49. The molecule has 2 fully saturated rings. The van der Waals surface area contributed by atoms with E-state index in [1.807, 2.05) is 5.01 Å².